The third-order valence-corrected chi connectivity index (χ3v) is 1.41. The molecule has 0 heterocycles. The zero-order chi connectivity index (χ0) is 7.82. The lowest BCUT2D eigenvalue weighted by Gasteiger charge is -1.95. The summed E-state index contributed by atoms with van der Waals surface area (Å²) in [6, 6.07) is 0. The van der Waals surface area contributed by atoms with Gasteiger partial charge in [0.1, 0.15) is 0 Å². The van der Waals surface area contributed by atoms with E-state index in [0.717, 1.165) is 18.4 Å². The van der Waals surface area contributed by atoms with Crippen molar-refractivity contribution in [3.05, 3.63) is 11.6 Å². The van der Waals surface area contributed by atoms with E-state index in [-0.39, 0.29) is 0 Å². The van der Waals surface area contributed by atoms with E-state index in [1.807, 2.05) is 13.0 Å². The van der Waals surface area contributed by atoms with Crippen LogP contribution < -0.4 is 0 Å². The molecule has 0 saturated heterocycles. The maximum Gasteiger partial charge on any atom is 0.0690 e. The van der Waals surface area contributed by atoms with E-state index in [2.05, 4.69) is 12.1 Å². The zero-order valence-electron chi connectivity index (χ0n) is 6.67. The first-order valence-electron chi connectivity index (χ1n) is 3.67. The average molecular weight is 141 g/mol. The maximum atomic E-state index is 8.20. The molecule has 0 atom stereocenters. The molecule has 0 rings (SSSR count). The van der Waals surface area contributed by atoms with Crippen molar-refractivity contribution >= 4 is 6.21 Å². The van der Waals surface area contributed by atoms with Gasteiger partial charge in [-0.1, -0.05) is 24.6 Å². The SMILES string of the molecule is CC=C(C=NO)CCCC. The summed E-state index contributed by atoms with van der Waals surface area (Å²) < 4.78 is 0. The van der Waals surface area contributed by atoms with Crippen LogP contribution in [0, 0.1) is 0 Å². The van der Waals surface area contributed by atoms with Gasteiger partial charge < -0.3 is 5.21 Å². The van der Waals surface area contributed by atoms with Gasteiger partial charge in [0.15, 0.2) is 0 Å². The van der Waals surface area contributed by atoms with E-state index in [1.165, 1.54) is 12.6 Å². The fraction of sp³-hybridized carbons (Fsp3) is 0.625. The van der Waals surface area contributed by atoms with Gasteiger partial charge in [-0.2, -0.15) is 0 Å². The Morgan fingerprint density at radius 3 is 2.70 bits per heavy atom. The fourth-order valence-electron chi connectivity index (χ4n) is 0.738. The van der Waals surface area contributed by atoms with Gasteiger partial charge in [-0.25, -0.2) is 0 Å². The molecule has 0 aliphatic heterocycles. The number of unbranched alkanes of at least 4 members (excludes halogenated alkanes) is 1. The van der Waals surface area contributed by atoms with Crippen molar-refractivity contribution < 1.29 is 5.21 Å². The smallest absolute Gasteiger partial charge is 0.0690 e. The molecule has 2 heteroatoms. The Morgan fingerprint density at radius 2 is 2.30 bits per heavy atom. The molecule has 0 aliphatic carbocycles. The van der Waals surface area contributed by atoms with Crippen LogP contribution in [0.25, 0.3) is 0 Å². The molecule has 0 fully saturated rings. The summed E-state index contributed by atoms with van der Waals surface area (Å²) in [5.41, 5.74) is 1.10. The predicted molar refractivity (Wildman–Crippen MR) is 43.6 cm³/mol. The van der Waals surface area contributed by atoms with Gasteiger partial charge in [0.05, 0.1) is 6.21 Å². The first kappa shape index (κ1) is 9.21. The van der Waals surface area contributed by atoms with Crippen LogP contribution >= 0.6 is 0 Å². The van der Waals surface area contributed by atoms with Gasteiger partial charge in [0, 0.05) is 0 Å². The average Bonchev–Trinajstić information content (AvgIpc) is 1.98. The van der Waals surface area contributed by atoms with Gasteiger partial charge in [-0.05, 0) is 25.3 Å². The van der Waals surface area contributed by atoms with Crippen molar-refractivity contribution in [2.45, 2.75) is 33.1 Å². The van der Waals surface area contributed by atoms with Crippen molar-refractivity contribution in [1.82, 2.24) is 0 Å². The molecule has 0 saturated carbocycles. The molecule has 58 valence electrons. The van der Waals surface area contributed by atoms with E-state index in [0.29, 0.717) is 0 Å². The second kappa shape index (κ2) is 6.33. The molecular weight excluding hydrogens is 126 g/mol. The van der Waals surface area contributed by atoms with E-state index in [4.69, 9.17) is 5.21 Å². The van der Waals surface area contributed by atoms with Crippen LogP contribution in [-0.2, 0) is 0 Å². The van der Waals surface area contributed by atoms with E-state index in [9.17, 15) is 0 Å². The molecule has 0 spiro atoms. The molecule has 0 aromatic carbocycles. The van der Waals surface area contributed by atoms with Gasteiger partial charge in [-0.15, -0.1) is 0 Å². The summed E-state index contributed by atoms with van der Waals surface area (Å²) in [7, 11) is 0. The summed E-state index contributed by atoms with van der Waals surface area (Å²) in [5, 5.41) is 11.2. The van der Waals surface area contributed by atoms with Crippen LogP contribution in [-0.4, -0.2) is 11.4 Å². The van der Waals surface area contributed by atoms with Crippen LogP contribution in [0.3, 0.4) is 0 Å². The van der Waals surface area contributed by atoms with Crippen molar-refractivity contribution in [2.24, 2.45) is 5.16 Å². The zero-order valence-corrected chi connectivity index (χ0v) is 6.67. The van der Waals surface area contributed by atoms with Crippen molar-refractivity contribution in [3.63, 3.8) is 0 Å². The van der Waals surface area contributed by atoms with Gasteiger partial charge in [0.2, 0.25) is 0 Å². The van der Waals surface area contributed by atoms with Crippen LogP contribution in [0.1, 0.15) is 33.1 Å². The molecule has 0 bridgehead atoms. The Hall–Kier alpha value is -0.790. The minimum atomic E-state index is 1.01. The second-order valence-corrected chi connectivity index (χ2v) is 2.21. The third kappa shape index (κ3) is 4.13. The Kier molecular flexibility index (Phi) is 5.83. The van der Waals surface area contributed by atoms with Gasteiger partial charge >= 0.3 is 0 Å². The second-order valence-electron chi connectivity index (χ2n) is 2.21. The highest BCUT2D eigenvalue weighted by molar-refractivity contribution is 5.77. The lowest BCUT2D eigenvalue weighted by molar-refractivity contribution is 0.321. The molecule has 2 nitrogen and oxygen atoms in total. The van der Waals surface area contributed by atoms with E-state index in [1.54, 1.807) is 0 Å². The molecule has 0 radical (unpaired) electrons. The first-order valence-corrected chi connectivity index (χ1v) is 3.67. The molecule has 0 amide bonds. The fourth-order valence-corrected chi connectivity index (χ4v) is 0.738. The van der Waals surface area contributed by atoms with Crippen molar-refractivity contribution in [1.29, 1.82) is 0 Å². The van der Waals surface area contributed by atoms with Crippen molar-refractivity contribution in [2.75, 3.05) is 0 Å². The maximum absolute atomic E-state index is 8.20. The summed E-state index contributed by atoms with van der Waals surface area (Å²) >= 11 is 0. The van der Waals surface area contributed by atoms with Gasteiger partial charge in [-0.3, -0.25) is 0 Å². The number of hydrogen-bond acceptors (Lipinski definition) is 2. The van der Waals surface area contributed by atoms with E-state index < -0.39 is 0 Å². The Balaban J connectivity index is 3.62. The highest BCUT2D eigenvalue weighted by atomic mass is 16.4. The summed E-state index contributed by atoms with van der Waals surface area (Å²) in [6.45, 7) is 4.09. The number of hydrogen-bond donors (Lipinski definition) is 1. The summed E-state index contributed by atoms with van der Waals surface area (Å²) in [5.74, 6) is 0. The summed E-state index contributed by atoms with van der Waals surface area (Å²) in [6.07, 6.45) is 6.81. The van der Waals surface area contributed by atoms with E-state index >= 15 is 0 Å². The largest absolute Gasteiger partial charge is 0.411 e. The standard InChI is InChI=1S/C8H15NO/c1-3-5-6-8(4-2)7-9-10/h4,7,10H,3,5-6H2,1-2H3. The monoisotopic (exact) mass is 141 g/mol. The van der Waals surface area contributed by atoms with Gasteiger partial charge in [0.25, 0.3) is 0 Å². The molecule has 0 aliphatic rings. The Labute approximate surface area is 62.2 Å². The molecular formula is C8H15NO. The first-order chi connectivity index (χ1) is 4.85. The minimum Gasteiger partial charge on any atom is -0.411 e. The third-order valence-electron chi connectivity index (χ3n) is 1.41. The highest BCUT2D eigenvalue weighted by Gasteiger charge is 1.89. The normalized spacial score (nSPS) is 12.8. The molecule has 10 heavy (non-hydrogen) atoms. The van der Waals surface area contributed by atoms with Crippen LogP contribution in [0.2, 0.25) is 0 Å². The molecule has 0 unspecified atom stereocenters. The predicted octanol–water partition coefficient (Wildman–Crippen LogP) is 2.58. The van der Waals surface area contributed by atoms with Crippen LogP contribution in [0.4, 0.5) is 0 Å². The number of nitrogens with zero attached hydrogens (tertiary/aromatic N) is 1. The number of rotatable bonds is 4. The molecule has 0 aromatic heterocycles. The minimum absolute atomic E-state index is 1.01. The highest BCUT2D eigenvalue weighted by Crippen LogP contribution is 2.03. The van der Waals surface area contributed by atoms with Crippen molar-refractivity contribution in [3.8, 4) is 0 Å². The van der Waals surface area contributed by atoms with Crippen LogP contribution in [0.5, 0.6) is 0 Å². The number of oxime groups is 1. The molecule has 0 aromatic rings. The quantitative estimate of drug-likeness (QED) is 0.364. The topological polar surface area (TPSA) is 32.6 Å². The lowest BCUT2D eigenvalue weighted by atomic mass is 10.1. The summed E-state index contributed by atoms with van der Waals surface area (Å²) in [4.78, 5) is 0. The Bertz CT molecular complexity index is 127. The lowest BCUT2D eigenvalue weighted by Crippen LogP contribution is -1.84. The Morgan fingerprint density at radius 1 is 1.60 bits per heavy atom. The van der Waals surface area contributed by atoms with Crippen LogP contribution in [0.15, 0.2) is 16.8 Å². The number of allylic oxidation sites excluding steroid dienone is 2. The molecule has 1 N–H and O–H groups in total.